The van der Waals surface area contributed by atoms with Crippen molar-refractivity contribution in [3.8, 4) is 0 Å². The van der Waals surface area contributed by atoms with Crippen molar-refractivity contribution in [1.29, 1.82) is 0 Å². The van der Waals surface area contributed by atoms with Gasteiger partial charge in [-0.15, -0.1) is 0 Å². The average Bonchev–Trinajstić information content (AvgIpc) is 1.81. The van der Waals surface area contributed by atoms with Crippen LogP contribution in [0.15, 0.2) is 11.1 Å². The van der Waals surface area contributed by atoms with Gasteiger partial charge < -0.3 is 10.5 Å². The first kappa shape index (κ1) is 12.4. The standard InChI is InChI=1S/C6H10BrNO4S/c1-5(7)4-13(10,11)3-2-12-6(8)9/h1-4H2,(H2,8,9). The van der Waals surface area contributed by atoms with Gasteiger partial charge in [0.05, 0.1) is 11.5 Å². The van der Waals surface area contributed by atoms with E-state index in [2.05, 4.69) is 33.0 Å². The molecule has 5 nitrogen and oxygen atoms in total. The molecule has 0 aliphatic carbocycles. The van der Waals surface area contributed by atoms with Gasteiger partial charge in [0, 0.05) is 4.48 Å². The Balaban J connectivity index is 3.91. The van der Waals surface area contributed by atoms with Crippen LogP contribution in [0.4, 0.5) is 4.79 Å². The number of hydrogen-bond acceptors (Lipinski definition) is 4. The molecule has 0 bridgehead atoms. The Kier molecular flexibility index (Phi) is 5.01. The molecule has 2 N–H and O–H groups in total. The van der Waals surface area contributed by atoms with Crippen molar-refractivity contribution in [2.75, 3.05) is 18.1 Å². The van der Waals surface area contributed by atoms with Gasteiger partial charge in [-0.1, -0.05) is 22.5 Å². The van der Waals surface area contributed by atoms with Crippen LogP contribution in [0.2, 0.25) is 0 Å². The second-order valence-corrected chi connectivity index (χ2v) is 5.58. The zero-order valence-corrected chi connectivity index (χ0v) is 9.23. The van der Waals surface area contributed by atoms with E-state index >= 15 is 0 Å². The Morgan fingerprint density at radius 2 is 2.08 bits per heavy atom. The summed E-state index contributed by atoms with van der Waals surface area (Å²) in [6, 6.07) is 0. The number of halogens is 1. The minimum absolute atomic E-state index is 0.172. The topological polar surface area (TPSA) is 86.5 Å². The minimum atomic E-state index is -3.26. The molecular weight excluding hydrogens is 262 g/mol. The molecule has 76 valence electrons. The lowest BCUT2D eigenvalue weighted by molar-refractivity contribution is 0.163. The van der Waals surface area contributed by atoms with E-state index in [1.165, 1.54) is 0 Å². The Hall–Kier alpha value is -0.560. The van der Waals surface area contributed by atoms with Crippen molar-refractivity contribution in [2.45, 2.75) is 0 Å². The van der Waals surface area contributed by atoms with Gasteiger partial charge in [-0.05, 0) is 0 Å². The number of primary amides is 1. The number of nitrogens with two attached hydrogens (primary N) is 1. The summed E-state index contributed by atoms with van der Waals surface area (Å²) in [6.07, 6.45) is -0.979. The quantitative estimate of drug-likeness (QED) is 0.785. The van der Waals surface area contributed by atoms with Gasteiger partial charge >= 0.3 is 6.09 Å². The van der Waals surface area contributed by atoms with E-state index in [4.69, 9.17) is 0 Å². The van der Waals surface area contributed by atoms with Crippen LogP contribution in [0.25, 0.3) is 0 Å². The molecule has 0 aliphatic rings. The fourth-order valence-corrected chi connectivity index (χ4v) is 2.59. The first-order valence-corrected chi connectivity index (χ1v) is 5.91. The molecule has 0 radical (unpaired) electrons. The summed E-state index contributed by atoms with van der Waals surface area (Å²) in [5.41, 5.74) is 4.64. The van der Waals surface area contributed by atoms with E-state index in [9.17, 15) is 13.2 Å². The third kappa shape index (κ3) is 7.79. The van der Waals surface area contributed by atoms with E-state index in [1.54, 1.807) is 0 Å². The summed E-state index contributed by atoms with van der Waals surface area (Å²) in [5.74, 6) is -0.421. The Morgan fingerprint density at radius 3 is 2.46 bits per heavy atom. The van der Waals surface area contributed by atoms with Crippen LogP contribution >= 0.6 is 15.9 Å². The van der Waals surface area contributed by atoms with Crippen LogP contribution in [0.1, 0.15) is 0 Å². The molecular formula is C6H10BrNO4S. The Bertz CT molecular complexity index is 298. The van der Waals surface area contributed by atoms with Crippen LogP contribution < -0.4 is 5.73 Å². The molecule has 1 amide bonds. The number of carbonyl (C=O) groups excluding carboxylic acids is 1. The predicted octanol–water partition coefficient (Wildman–Crippen LogP) is 0.405. The van der Waals surface area contributed by atoms with Crippen molar-refractivity contribution in [3.63, 3.8) is 0 Å². The normalized spacial score (nSPS) is 10.8. The van der Waals surface area contributed by atoms with Crippen LogP contribution in [0, 0.1) is 0 Å². The molecule has 0 spiro atoms. The van der Waals surface area contributed by atoms with E-state index in [0.717, 1.165) is 0 Å². The van der Waals surface area contributed by atoms with Gasteiger partial charge in [0.25, 0.3) is 0 Å². The number of ether oxygens (including phenoxy) is 1. The van der Waals surface area contributed by atoms with E-state index in [-0.39, 0.29) is 18.1 Å². The number of rotatable bonds is 5. The molecule has 0 saturated heterocycles. The summed E-state index contributed by atoms with van der Waals surface area (Å²) in [4.78, 5) is 10.1. The molecule has 13 heavy (non-hydrogen) atoms. The molecule has 0 fully saturated rings. The van der Waals surface area contributed by atoms with E-state index in [0.29, 0.717) is 4.48 Å². The smallest absolute Gasteiger partial charge is 0.404 e. The first-order valence-electron chi connectivity index (χ1n) is 3.29. The molecule has 0 atom stereocenters. The monoisotopic (exact) mass is 271 g/mol. The second kappa shape index (κ2) is 5.23. The van der Waals surface area contributed by atoms with Gasteiger partial charge in [0.15, 0.2) is 9.84 Å². The molecule has 7 heteroatoms. The third-order valence-electron chi connectivity index (χ3n) is 1.02. The van der Waals surface area contributed by atoms with Gasteiger partial charge in [0.1, 0.15) is 6.61 Å². The highest BCUT2D eigenvalue weighted by Gasteiger charge is 2.12. The zero-order chi connectivity index (χ0) is 10.5. The maximum Gasteiger partial charge on any atom is 0.404 e. The molecule has 0 heterocycles. The summed E-state index contributed by atoms with van der Waals surface area (Å²) in [7, 11) is -3.26. The largest absolute Gasteiger partial charge is 0.449 e. The molecule has 0 aromatic heterocycles. The fourth-order valence-electron chi connectivity index (χ4n) is 0.580. The highest BCUT2D eigenvalue weighted by molar-refractivity contribution is 9.11. The lowest BCUT2D eigenvalue weighted by atomic mass is 10.8. The van der Waals surface area contributed by atoms with Crippen LogP contribution in [0.3, 0.4) is 0 Å². The minimum Gasteiger partial charge on any atom is -0.449 e. The fraction of sp³-hybridized carbons (Fsp3) is 0.500. The summed E-state index contributed by atoms with van der Waals surface area (Å²) >= 11 is 2.92. The highest BCUT2D eigenvalue weighted by Crippen LogP contribution is 2.05. The van der Waals surface area contributed by atoms with Gasteiger partial charge in [-0.25, -0.2) is 13.2 Å². The van der Waals surface area contributed by atoms with Crippen molar-refractivity contribution < 1.29 is 17.9 Å². The number of carbonyl (C=O) groups is 1. The average molecular weight is 272 g/mol. The molecule has 0 aliphatic heterocycles. The highest BCUT2D eigenvalue weighted by atomic mass is 79.9. The lowest BCUT2D eigenvalue weighted by Crippen LogP contribution is -2.20. The first-order chi connectivity index (χ1) is 5.83. The number of hydrogen-bond donors (Lipinski definition) is 1. The number of sulfone groups is 1. The van der Waals surface area contributed by atoms with Crippen LogP contribution in [-0.4, -0.2) is 32.6 Å². The van der Waals surface area contributed by atoms with Crippen molar-refractivity contribution in [2.24, 2.45) is 5.73 Å². The number of amides is 1. The van der Waals surface area contributed by atoms with Crippen molar-refractivity contribution in [1.82, 2.24) is 0 Å². The SMILES string of the molecule is C=C(Br)CS(=O)(=O)CCOC(N)=O. The van der Waals surface area contributed by atoms with Crippen molar-refractivity contribution >= 4 is 31.9 Å². The van der Waals surface area contributed by atoms with Crippen molar-refractivity contribution in [3.05, 3.63) is 11.1 Å². The third-order valence-corrected chi connectivity index (χ3v) is 3.24. The summed E-state index contributed by atoms with van der Waals surface area (Å²) < 4.78 is 26.8. The Labute approximate surface area is 85.0 Å². The summed E-state index contributed by atoms with van der Waals surface area (Å²) in [6.45, 7) is 3.16. The predicted molar refractivity (Wildman–Crippen MR) is 52.3 cm³/mol. The second-order valence-electron chi connectivity index (χ2n) is 2.28. The van der Waals surface area contributed by atoms with E-state index < -0.39 is 15.9 Å². The lowest BCUT2D eigenvalue weighted by Gasteiger charge is -2.02. The molecule has 0 rings (SSSR count). The van der Waals surface area contributed by atoms with Gasteiger partial charge in [0.2, 0.25) is 0 Å². The van der Waals surface area contributed by atoms with Gasteiger partial charge in [-0.2, -0.15) is 0 Å². The van der Waals surface area contributed by atoms with Crippen LogP contribution in [0.5, 0.6) is 0 Å². The molecule has 0 saturated carbocycles. The zero-order valence-electron chi connectivity index (χ0n) is 6.82. The maximum atomic E-state index is 11.1. The summed E-state index contributed by atoms with van der Waals surface area (Å²) in [5, 5.41) is 0. The molecule has 0 aromatic carbocycles. The maximum absolute atomic E-state index is 11.1. The molecule has 0 aromatic rings. The van der Waals surface area contributed by atoms with Gasteiger partial charge in [-0.3, -0.25) is 0 Å². The van der Waals surface area contributed by atoms with Crippen LogP contribution in [-0.2, 0) is 14.6 Å². The van der Waals surface area contributed by atoms with E-state index in [1.807, 2.05) is 0 Å². The Morgan fingerprint density at radius 1 is 1.54 bits per heavy atom. The molecule has 0 unspecified atom stereocenters.